The molecular weight excluding hydrogens is 452 g/mol. The Hall–Kier alpha value is -3.85. The van der Waals surface area contributed by atoms with E-state index in [-0.39, 0.29) is 21.8 Å². The molecule has 0 radical (unpaired) electrons. The summed E-state index contributed by atoms with van der Waals surface area (Å²) in [6.45, 7) is 4.31. The number of halogens is 1. The third-order valence-electron chi connectivity index (χ3n) is 4.58. The number of nitrogens with zero attached hydrogens (tertiary/aromatic N) is 1. The van der Waals surface area contributed by atoms with Crippen molar-refractivity contribution < 1.29 is 33.4 Å². The molecule has 0 saturated carbocycles. The Labute approximate surface area is 194 Å². The molecule has 2 aromatic carbocycles. The van der Waals surface area contributed by atoms with Crippen LogP contribution in [0.3, 0.4) is 0 Å². The zero-order chi connectivity index (χ0) is 24.1. The van der Waals surface area contributed by atoms with Crippen LogP contribution in [0.5, 0.6) is 11.5 Å². The van der Waals surface area contributed by atoms with Gasteiger partial charge in [-0.3, -0.25) is 14.9 Å². The summed E-state index contributed by atoms with van der Waals surface area (Å²) < 4.78 is 15.7. The number of nitrogens with one attached hydrogen (secondary N) is 1. The molecule has 172 valence electrons. The molecule has 0 bridgehead atoms. The number of barbiturate groups is 1. The first-order valence-corrected chi connectivity index (χ1v) is 10.4. The minimum Gasteiger partial charge on any atom is -0.490 e. The fourth-order valence-corrected chi connectivity index (χ4v) is 3.42. The Morgan fingerprint density at radius 2 is 1.73 bits per heavy atom. The lowest BCUT2D eigenvalue weighted by Gasteiger charge is -2.26. The van der Waals surface area contributed by atoms with Crippen LogP contribution in [0.4, 0.5) is 10.5 Å². The normalized spacial score (nSPS) is 14.8. The smallest absolute Gasteiger partial charge is 0.337 e. The van der Waals surface area contributed by atoms with Crippen LogP contribution in [0.25, 0.3) is 6.08 Å². The maximum absolute atomic E-state index is 13.1. The minimum atomic E-state index is -0.910. The second-order valence-electron chi connectivity index (χ2n) is 6.69. The topological polar surface area (TPSA) is 111 Å². The van der Waals surface area contributed by atoms with E-state index in [1.165, 1.54) is 43.5 Å². The largest absolute Gasteiger partial charge is 0.490 e. The fourth-order valence-electron chi connectivity index (χ4n) is 3.14. The van der Waals surface area contributed by atoms with Gasteiger partial charge in [-0.25, -0.2) is 14.5 Å². The first-order chi connectivity index (χ1) is 15.8. The van der Waals surface area contributed by atoms with Crippen molar-refractivity contribution in [2.45, 2.75) is 13.8 Å². The van der Waals surface area contributed by atoms with Crippen molar-refractivity contribution in [2.75, 3.05) is 25.2 Å². The van der Waals surface area contributed by atoms with Gasteiger partial charge >= 0.3 is 12.0 Å². The van der Waals surface area contributed by atoms with Gasteiger partial charge in [-0.15, -0.1) is 0 Å². The van der Waals surface area contributed by atoms with Gasteiger partial charge in [0, 0.05) is 0 Å². The van der Waals surface area contributed by atoms with Crippen LogP contribution in [-0.2, 0) is 14.3 Å². The Morgan fingerprint density at radius 1 is 1.06 bits per heavy atom. The highest BCUT2D eigenvalue weighted by Gasteiger charge is 2.37. The minimum absolute atomic E-state index is 0.170. The van der Waals surface area contributed by atoms with E-state index < -0.39 is 23.8 Å². The summed E-state index contributed by atoms with van der Waals surface area (Å²) in [5.41, 5.74) is 0.531. The van der Waals surface area contributed by atoms with Gasteiger partial charge in [-0.1, -0.05) is 11.6 Å². The highest BCUT2D eigenvalue weighted by Crippen LogP contribution is 2.37. The summed E-state index contributed by atoms with van der Waals surface area (Å²) in [4.78, 5) is 50.4. The highest BCUT2D eigenvalue weighted by atomic mass is 35.5. The fraction of sp³-hybridized carbons (Fsp3) is 0.217. The molecule has 2 aromatic rings. The zero-order valence-corrected chi connectivity index (χ0v) is 18.9. The van der Waals surface area contributed by atoms with Crippen LogP contribution >= 0.6 is 11.6 Å². The van der Waals surface area contributed by atoms with E-state index in [9.17, 15) is 19.2 Å². The Kier molecular flexibility index (Phi) is 7.34. The maximum atomic E-state index is 13.1. The molecule has 1 aliphatic heterocycles. The van der Waals surface area contributed by atoms with E-state index in [1.54, 1.807) is 19.9 Å². The van der Waals surface area contributed by atoms with E-state index in [1.807, 2.05) is 0 Å². The number of hydrogen-bond acceptors (Lipinski definition) is 7. The van der Waals surface area contributed by atoms with Crippen molar-refractivity contribution in [1.82, 2.24) is 5.32 Å². The molecular formula is C23H21ClN2O7. The number of anilines is 1. The second-order valence-corrected chi connectivity index (χ2v) is 7.10. The first-order valence-electron chi connectivity index (χ1n) is 9.99. The molecule has 1 saturated heterocycles. The molecule has 4 amide bonds. The number of urea groups is 1. The van der Waals surface area contributed by atoms with E-state index in [2.05, 4.69) is 10.1 Å². The lowest BCUT2D eigenvalue weighted by atomic mass is 10.1. The van der Waals surface area contributed by atoms with Gasteiger partial charge in [0.05, 0.1) is 36.6 Å². The van der Waals surface area contributed by atoms with E-state index in [4.69, 9.17) is 21.1 Å². The summed E-state index contributed by atoms with van der Waals surface area (Å²) in [5, 5.41) is 2.38. The molecule has 10 heteroatoms. The molecule has 0 atom stereocenters. The Bertz CT molecular complexity index is 1140. The number of carbonyl (C=O) groups excluding carboxylic acids is 4. The number of rotatable bonds is 7. The highest BCUT2D eigenvalue weighted by molar-refractivity contribution is 6.39. The molecule has 1 fully saturated rings. The predicted molar refractivity (Wildman–Crippen MR) is 121 cm³/mol. The second kappa shape index (κ2) is 10.2. The van der Waals surface area contributed by atoms with Crippen LogP contribution in [0.15, 0.2) is 42.0 Å². The first kappa shape index (κ1) is 23.8. The van der Waals surface area contributed by atoms with Crippen molar-refractivity contribution in [2.24, 2.45) is 0 Å². The predicted octanol–water partition coefficient (Wildman–Crippen LogP) is 3.59. The number of benzene rings is 2. The van der Waals surface area contributed by atoms with E-state index >= 15 is 0 Å². The van der Waals surface area contributed by atoms with Crippen molar-refractivity contribution >= 4 is 47.2 Å². The van der Waals surface area contributed by atoms with Crippen LogP contribution in [0.2, 0.25) is 5.02 Å². The van der Waals surface area contributed by atoms with Gasteiger partial charge in [0.2, 0.25) is 0 Å². The number of imide groups is 2. The molecule has 0 aromatic heterocycles. The number of amides is 4. The molecule has 1 aliphatic rings. The van der Waals surface area contributed by atoms with Crippen molar-refractivity contribution in [3.05, 3.63) is 58.1 Å². The van der Waals surface area contributed by atoms with Crippen LogP contribution < -0.4 is 19.7 Å². The third kappa shape index (κ3) is 4.98. The molecule has 3 rings (SSSR count). The summed E-state index contributed by atoms with van der Waals surface area (Å²) in [7, 11) is 1.24. The van der Waals surface area contributed by atoms with Crippen LogP contribution in [0, 0.1) is 0 Å². The van der Waals surface area contributed by atoms with Gasteiger partial charge in [-0.05, 0) is 61.9 Å². The molecule has 9 nitrogen and oxygen atoms in total. The number of ether oxygens (including phenoxy) is 3. The van der Waals surface area contributed by atoms with E-state index in [0.29, 0.717) is 30.3 Å². The summed E-state index contributed by atoms with van der Waals surface area (Å²) >= 11 is 6.32. The molecule has 1 N–H and O–H groups in total. The van der Waals surface area contributed by atoms with Crippen molar-refractivity contribution in [1.29, 1.82) is 0 Å². The van der Waals surface area contributed by atoms with Gasteiger partial charge in [-0.2, -0.15) is 0 Å². The Morgan fingerprint density at radius 3 is 2.33 bits per heavy atom. The number of hydrogen-bond donors (Lipinski definition) is 1. The number of esters is 1. The lowest BCUT2D eigenvalue weighted by molar-refractivity contribution is -0.122. The van der Waals surface area contributed by atoms with Crippen LogP contribution in [0.1, 0.15) is 29.8 Å². The average molecular weight is 473 g/mol. The van der Waals surface area contributed by atoms with Crippen molar-refractivity contribution in [3.8, 4) is 11.5 Å². The number of methoxy groups -OCH3 is 1. The lowest BCUT2D eigenvalue weighted by Crippen LogP contribution is -2.54. The number of carbonyl (C=O) groups is 4. The summed E-state index contributed by atoms with van der Waals surface area (Å²) in [5.74, 6) is -1.55. The van der Waals surface area contributed by atoms with Crippen molar-refractivity contribution in [3.63, 3.8) is 0 Å². The van der Waals surface area contributed by atoms with Crippen LogP contribution in [-0.4, -0.2) is 44.1 Å². The molecule has 0 aliphatic carbocycles. The monoisotopic (exact) mass is 472 g/mol. The summed E-state index contributed by atoms with van der Waals surface area (Å²) in [6, 6.07) is 7.81. The molecule has 0 spiro atoms. The van der Waals surface area contributed by atoms with Gasteiger partial charge in [0.1, 0.15) is 5.57 Å². The molecule has 1 heterocycles. The quantitative estimate of drug-likeness (QED) is 0.372. The van der Waals surface area contributed by atoms with Gasteiger partial charge < -0.3 is 14.2 Å². The van der Waals surface area contributed by atoms with Gasteiger partial charge in [0.15, 0.2) is 11.5 Å². The van der Waals surface area contributed by atoms with Gasteiger partial charge in [0.25, 0.3) is 11.8 Å². The Balaban J connectivity index is 1.99. The zero-order valence-electron chi connectivity index (χ0n) is 18.1. The SMILES string of the molecule is CCOc1cc(/C=C2\C(=O)NC(=O)N(c3ccc(C(=O)OC)cc3)C2=O)cc(Cl)c1OCC. The average Bonchev–Trinajstić information content (AvgIpc) is 2.79. The summed E-state index contributed by atoms with van der Waals surface area (Å²) in [6.07, 6.45) is 1.31. The maximum Gasteiger partial charge on any atom is 0.337 e. The molecule has 33 heavy (non-hydrogen) atoms. The standard InChI is InChI=1S/C23H21ClN2O7/c1-4-32-18-12-13(11-17(24)19(18)33-5-2)10-16-20(27)25-23(30)26(21(16)28)15-8-6-14(7-9-15)22(29)31-3/h6-12H,4-5H2,1-3H3,(H,25,27,30)/b16-10+. The van der Waals surface area contributed by atoms with E-state index in [0.717, 1.165) is 4.90 Å². The third-order valence-corrected chi connectivity index (χ3v) is 4.86. The molecule has 0 unspecified atom stereocenters.